The van der Waals surface area contributed by atoms with Crippen molar-refractivity contribution >= 4 is 29.9 Å². The molecule has 0 atom stereocenters. The van der Waals surface area contributed by atoms with E-state index < -0.39 is 0 Å². The number of hydrogen-bond donors (Lipinski definition) is 1. The standard InChI is InChI=1S/C18H31N3O2.HI/c1-5-7-13-21(3)18(19-6-2)20-12-14-23-15-16-10-8-9-11-17(16)22-4;/h8-11H,5-7,12-15H2,1-4H3,(H,19,20);1H. The number of para-hydroxylation sites is 1. The van der Waals surface area contributed by atoms with Crippen molar-refractivity contribution in [2.24, 2.45) is 4.99 Å². The molecule has 0 fully saturated rings. The first-order valence-corrected chi connectivity index (χ1v) is 8.42. The van der Waals surface area contributed by atoms with Crippen LogP contribution < -0.4 is 10.1 Å². The second kappa shape index (κ2) is 14.3. The molecular weight excluding hydrogens is 417 g/mol. The van der Waals surface area contributed by atoms with Crippen LogP contribution in [0.1, 0.15) is 32.3 Å². The van der Waals surface area contributed by atoms with Gasteiger partial charge in [-0.15, -0.1) is 24.0 Å². The average molecular weight is 449 g/mol. The third-order valence-corrected chi connectivity index (χ3v) is 3.49. The maximum absolute atomic E-state index is 5.72. The largest absolute Gasteiger partial charge is 0.496 e. The van der Waals surface area contributed by atoms with Gasteiger partial charge in [0.1, 0.15) is 5.75 Å². The van der Waals surface area contributed by atoms with Gasteiger partial charge < -0.3 is 19.7 Å². The fourth-order valence-electron chi connectivity index (χ4n) is 2.19. The third-order valence-electron chi connectivity index (χ3n) is 3.49. The molecule has 0 aliphatic rings. The highest BCUT2D eigenvalue weighted by atomic mass is 127. The zero-order chi connectivity index (χ0) is 16.9. The van der Waals surface area contributed by atoms with Gasteiger partial charge in [0.2, 0.25) is 0 Å². The number of unbranched alkanes of at least 4 members (excludes halogenated alkanes) is 1. The van der Waals surface area contributed by atoms with Crippen LogP contribution in [0.4, 0.5) is 0 Å². The molecule has 1 aromatic carbocycles. The van der Waals surface area contributed by atoms with Gasteiger partial charge in [-0.2, -0.15) is 0 Å². The van der Waals surface area contributed by atoms with E-state index in [1.807, 2.05) is 24.3 Å². The summed E-state index contributed by atoms with van der Waals surface area (Å²) in [6, 6.07) is 7.92. The zero-order valence-electron chi connectivity index (χ0n) is 15.4. The SMILES string of the molecule is CCCCN(C)C(=NCCOCc1ccccc1OC)NCC.I. The smallest absolute Gasteiger partial charge is 0.193 e. The minimum absolute atomic E-state index is 0. The predicted molar refractivity (Wildman–Crippen MR) is 112 cm³/mol. The van der Waals surface area contributed by atoms with E-state index in [-0.39, 0.29) is 24.0 Å². The molecule has 0 radical (unpaired) electrons. The molecule has 0 saturated heterocycles. The van der Waals surface area contributed by atoms with Crippen molar-refractivity contribution in [2.75, 3.05) is 40.4 Å². The number of halogens is 1. The number of guanidine groups is 1. The van der Waals surface area contributed by atoms with Crippen molar-refractivity contribution in [1.29, 1.82) is 0 Å². The number of aliphatic imine (C=N–C) groups is 1. The Hall–Kier alpha value is -1.02. The number of rotatable bonds is 10. The Labute approximate surface area is 163 Å². The Bertz CT molecular complexity index is 469. The van der Waals surface area contributed by atoms with Gasteiger partial charge in [-0.25, -0.2) is 0 Å². The van der Waals surface area contributed by atoms with Crippen LogP contribution in [0.25, 0.3) is 0 Å². The van der Waals surface area contributed by atoms with Crippen molar-refractivity contribution in [1.82, 2.24) is 10.2 Å². The molecule has 1 rings (SSSR count). The van der Waals surface area contributed by atoms with Gasteiger partial charge in [0.05, 0.1) is 26.9 Å². The van der Waals surface area contributed by atoms with E-state index in [0.29, 0.717) is 19.8 Å². The van der Waals surface area contributed by atoms with Crippen LogP contribution in [-0.4, -0.2) is 51.3 Å². The molecule has 0 bridgehead atoms. The molecule has 1 aromatic rings. The van der Waals surface area contributed by atoms with E-state index in [1.54, 1.807) is 7.11 Å². The van der Waals surface area contributed by atoms with E-state index in [1.165, 1.54) is 12.8 Å². The number of methoxy groups -OCH3 is 1. The van der Waals surface area contributed by atoms with Gasteiger partial charge in [0.15, 0.2) is 5.96 Å². The van der Waals surface area contributed by atoms with E-state index in [2.05, 4.69) is 36.1 Å². The van der Waals surface area contributed by atoms with Gasteiger partial charge in [-0.05, 0) is 19.4 Å². The lowest BCUT2D eigenvalue weighted by Crippen LogP contribution is -2.39. The summed E-state index contributed by atoms with van der Waals surface area (Å²) < 4.78 is 11.0. The number of hydrogen-bond acceptors (Lipinski definition) is 3. The minimum atomic E-state index is 0. The van der Waals surface area contributed by atoms with Crippen molar-refractivity contribution in [3.63, 3.8) is 0 Å². The van der Waals surface area contributed by atoms with E-state index in [9.17, 15) is 0 Å². The van der Waals surface area contributed by atoms with Gasteiger partial charge in [0.25, 0.3) is 0 Å². The highest BCUT2D eigenvalue weighted by Crippen LogP contribution is 2.17. The van der Waals surface area contributed by atoms with Gasteiger partial charge in [-0.3, -0.25) is 4.99 Å². The molecule has 0 aliphatic heterocycles. The Balaban J connectivity index is 0.00000529. The van der Waals surface area contributed by atoms with Crippen LogP contribution in [0.3, 0.4) is 0 Å². The second-order valence-corrected chi connectivity index (χ2v) is 5.38. The van der Waals surface area contributed by atoms with Crippen molar-refractivity contribution in [3.8, 4) is 5.75 Å². The van der Waals surface area contributed by atoms with Crippen LogP contribution >= 0.6 is 24.0 Å². The Morgan fingerprint density at radius 2 is 2.00 bits per heavy atom. The summed E-state index contributed by atoms with van der Waals surface area (Å²) in [5, 5.41) is 3.32. The third kappa shape index (κ3) is 8.73. The predicted octanol–water partition coefficient (Wildman–Crippen LogP) is 3.53. The summed E-state index contributed by atoms with van der Waals surface area (Å²) in [6.07, 6.45) is 2.36. The quantitative estimate of drug-likeness (QED) is 0.257. The number of nitrogens with zero attached hydrogens (tertiary/aromatic N) is 2. The Kier molecular flexibility index (Phi) is 13.7. The lowest BCUT2D eigenvalue weighted by atomic mass is 10.2. The normalized spacial score (nSPS) is 10.9. The fourth-order valence-corrected chi connectivity index (χ4v) is 2.19. The van der Waals surface area contributed by atoms with Crippen LogP contribution in [0.2, 0.25) is 0 Å². The minimum Gasteiger partial charge on any atom is -0.496 e. The first-order valence-electron chi connectivity index (χ1n) is 8.42. The van der Waals surface area contributed by atoms with E-state index >= 15 is 0 Å². The van der Waals surface area contributed by atoms with Crippen LogP contribution in [0, 0.1) is 0 Å². The van der Waals surface area contributed by atoms with E-state index in [0.717, 1.165) is 30.4 Å². The molecule has 0 spiro atoms. The molecule has 24 heavy (non-hydrogen) atoms. The van der Waals surface area contributed by atoms with Crippen LogP contribution in [0.5, 0.6) is 5.75 Å². The van der Waals surface area contributed by atoms with Crippen molar-refractivity contribution in [2.45, 2.75) is 33.3 Å². The number of ether oxygens (including phenoxy) is 2. The average Bonchev–Trinajstić information content (AvgIpc) is 2.58. The number of benzene rings is 1. The second-order valence-electron chi connectivity index (χ2n) is 5.38. The monoisotopic (exact) mass is 449 g/mol. The van der Waals surface area contributed by atoms with Gasteiger partial charge in [-0.1, -0.05) is 31.5 Å². The molecule has 0 unspecified atom stereocenters. The topological polar surface area (TPSA) is 46.1 Å². The number of nitrogens with one attached hydrogen (secondary N) is 1. The Morgan fingerprint density at radius 1 is 1.25 bits per heavy atom. The van der Waals surface area contributed by atoms with Crippen LogP contribution in [0.15, 0.2) is 29.3 Å². The molecule has 1 N–H and O–H groups in total. The van der Waals surface area contributed by atoms with Crippen molar-refractivity contribution < 1.29 is 9.47 Å². The molecule has 138 valence electrons. The molecule has 0 amide bonds. The Morgan fingerprint density at radius 3 is 2.67 bits per heavy atom. The highest BCUT2D eigenvalue weighted by Gasteiger charge is 2.04. The molecule has 6 heteroatoms. The fraction of sp³-hybridized carbons (Fsp3) is 0.611. The first-order chi connectivity index (χ1) is 11.2. The summed E-state index contributed by atoms with van der Waals surface area (Å²) in [5.74, 6) is 1.81. The highest BCUT2D eigenvalue weighted by molar-refractivity contribution is 14.0. The molecular formula is C18H32IN3O2. The van der Waals surface area contributed by atoms with Crippen LogP contribution in [-0.2, 0) is 11.3 Å². The van der Waals surface area contributed by atoms with Gasteiger partial charge >= 0.3 is 0 Å². The molecule has 0 aromatic heterocycles. The van der Waals surface area contributed by atoms with E-state index in [4.69, 9.17) is 9.47 Å². The molecule has 0 aliphatic carbocycles. The van der Waals surface area contributed by atoms with Gasteiger partial charge in [0, 0.05) is 25.7 Å². The molecule has 5 nitrogen and oxygen atoms in total. The maximum Gasteiger partial charge on any atom is 0.193 e. The van der Waals surface area contributed by atoms with Crippen molar-refractivity contribution in [3.05, 3.63) is 29.8 Å². The summed E-state index contributed by atoms with van der Waals surface area (Å²) in [4.78, 5) is 6.79. The maximum atomic E-state index is 5.72. The molecule has 0 heterocycles. The molecule has 0 saturated carbocycles. The summed E-state index contributed by atoms with van der Waals surface area (Å²) in [6.45, 7) is 7.96. The first kappa shape index (κ1) is 23.0. The zero-order valence-corrected chi connectivity index (χ0v) is 17.7. The lowest BCUT2D eigenvalue weighted by Gasteiger charge is -2.21. The summed E-state index contributed by atoms with van der Waals surface area (Å²) >= 11 is 0. The lowest BCUT2D eigenvalue weighted by molar-refractivity contribution is 0.126. The summed E-state index contributed by atoms with van der Waals surface area (Å²) in [5.41, 5.74) is 1.06. The summed E-state index contributed by atoms with van der Waals surface area (Å²) in [7, 11) is 3.75.